The number of hydrogen-bond acceptors (Lipinski definition) is 4. The first-order chi connectivity index (χ1) is 16.2. The molecule has 4 rings (SSSR count). The molecule has 4 nitrogen and oxygen atoms in total. The summed E-state index contributed by atoms with van der Waals surface area (Å²) in [5.41, 5.74) is 6.35. The lowest BCUT2D eigenvalue weighted by atomic mass is 10.1. The van der Waals surface area contributed by atoms with Crippen molar-refractivity contribution in [2.24, 2.45) is 4.99 Å². The number of amidine groups is 1. The monoisotopic (exact) mass is 758 g/mol. The Bertz CT molecular complexity index is 1290. The van der Waals surface area contributed by atoms with Crippen LogP contribution < -0.4 is 10.1 Å². The Labute approximate surface area is 239 Å². The van der Waals surface area contributed by atoms with Crippen LogP contribution in [0, 0.1) is 27.9 Å². The maximum Gasteiger partial charge on any atom is 0.264 e. The van der Waals surface area contributed by atoms with Crippen molar-refractivity contribution >= 4 is 95.7 Å². The first-order valence-electron chi connectivity index (χ1n) is 10.4. The molecule has 1 amide bonds. The molecule has 0 saturated carbocycles. The van der Waals surface area contributed by atoms with Gasteiger partial charge in [-0.3, -0.25) is 4.79 Å². The summed E-state index contributed by atoms with van der Waals surface area (Å²) >= 11 is 9.50. The summed E-state index contributed by atoms with van der Waals surface area (Å²) in [6, 6.07) is 16.4. The largest absolute Gasteiger partial charge is 0.487 e. The van der Waals surface area contributed by atoms with Gasteiger partial charge in [0.05, 0.1) is 17.7 Å². The van der Waals surface area contributed by atoms with E-state index in [0.717, 1.165) is 45.3 Å². The van der Waals surface area contributed by atoms with Crippen LogP contribution in [-0.4, -0.2) is 11.1 Å². The van der Waals surface area contributed by atoms with Gasteiger partial charge in [0, 0.05) is 4.47 Å². The van der Waals surface area contributed by atoms with Crippen molar-refractivity contribution in [1.29, 1.82) is 0 Å². The second-order valence-electron chi connectivity index (χ2n) is 7.96. The number of aryl methyl sites for hydroxylation is 3. The Balaban J connectivity index is 1.51. The molecule has 1 aliphatic heterocycles. The molecule has 3 aromatic rings. The van der Waals surface area contributed by atoms with Gasteiger partial charge in [-0.25, -0.2) is 4.99 Å². The van der Waals surface area contributed by atoms with Gasteiger partial charge in [-0.15, -0.1) is 0 Å². The molecule has 0 aromatic heterocycles. The normalized spacial score (nSPS) is 15.8. The molecule has 0 radical (unpaired) electrons. The number of thioether (sulfide) groups is 1. The minimum atomic E-state index is -0.140. The lowest BCUT2D eigenvalue weighted by Gasteiger charge is -2.12. The summed E-state index contributed by atoms with van der Waals surface area (Å²) in [5.74, 6) is 0.717. The van der Waals surface area contributed by atoms with Crippen LogP contribution in [0.15, 0.2) is 62.9 Å². The molecule has 3 aromatic carbocycles. The quantitative estimate of drug-likeness (QED) is 0.212. The fourth-order valence-corrected chi connectivity index (χ4v) is 6.58. The third kappa shape index (κ3) is 6.24. The number of nitrogens with one attached hydrogen (secondary N) is 1. The van der Waals surface area contributed by atoms with E-state index in [0.29, 0.717) is 16.7 Å². The van der Waals surface area contributed by atoms with Gasteiger partial charge < -0.3 is 10.1 Å². The van der Waals surface area contributed by atoms with Gasteiger partial charge >= 0.3 is 0 Å². The standard InChI is InChI=1S/C26H21BrI2N2O2S/c1-14-4-6-17(7-5-14)13-33-24-20(28)10-18(11-21(24)29)12-22-25(32)31-26(34-22)30-19-8-15(2)23(27)16(3)9-19/h4-12H,13H2,1-3H3,(H,30,31,32)/b22-12-. The predicted octanol–water partition coefficient (Wildman–Crippen LogP) is 8.05. The lowest BCUT2D eigenvalue weighted by Crippen LogP contribution is -2.19. The van der Waals surface area contributed by atoms with Crippen LogP contribution in [0.3, 0.4) is 0 Å². The molecule has 0 aliphatic carbocycles. The van der Waals surface area contributed by atoms with Crippen LogP contribution in [0.1, 0.15) is 27.8 Å². The van der Waals surface area contributed by atoms with Gasteiger partial charge in [0.2, 0.25) is 0 Å². The zero-order valence-electron chi connectivity index (χ0n) is 18.7. The highest BCUT2D eigenvalue weighted by molar-refractivity contribution is 14.1. The summed E-state index contributed by atoms with van der Waals surface area (Å²) in [6.45, 7) is 6.65. The summed E-state index contributed by atoms with van der Waals surface area (Å²) in [7, 11) is 0. The Kier molecular flexibility index (Phi) is 8.42. The number of aliphatic imine (C=N–C) groups is 1. The molecule has 0 unspecified atom stereocenters. The Hall–Kier alpha value is -1.37. The minimum Gasteiger partial charge on any atom is -0.487 e. The first-order valence-corrected chi connectivity index (χ1v) is 14.2. The van der Waals surface area contributed by atoms with Crippen LogP contribution in [0.5, 0.6) is 5.75 Å². The molecule has 8 heteroatoms. The molecule has 1 N–H and O–H groups in total. The van der Waals surface area contributed by atoms with Crippen LogP contribution in [0.25, 0.3) is 6.08 Å². The van der Waals surface area contributed by atoms with Crippen LogP contribution >= 0.6 is 72.9 Å². The molecular formula is C26H21BrI2N2O2S. The van der Waals surface area contributed by atoms with Gasteiger partial charge in [0.15, 0.2) is 5.17 Å². The maximum absolute atomic E-state index is 12.6. The van der Waals surface area contributed by atoms with Crippen molar-refractivity contribution in [3.63, 3.8) is 0 Å². The number of ether oxygens (including phenoxy) is 1. The SMILES string of the molecule is Cc1ccc(COc2c(I)cc(/C=C3\SC(=Nc4cc(C)c(Br)c(C)c4)NC3=O)cc2I)cc1. The Morgan fingerprint density at radius 1 is 1.03 bits per heavy atom. The molecule has 174 valence electrons. The highest BCUT2D eigenvalue weighted by Gasteiger charge is 2.24. The third-order valence-corrected chi connectivity index (χ3v) is 8.89. The van der Waals surface area contributed by atoms with E-state index in [4.69, 9.17) is 4.74 Å². The molecule has 0 bridgehead atoms. The van der Waals surface area contributed by atoms with Gasteiger partial charge in [-0.2, -0.15) is 0 Å². The van der Waals surface area contributed by atoms with E-state index in [1.807, 2.05) is 44.2 Å². The van der Waals surface area contributed by atoms with Crippen LogP contribution in [-0.2, 0) is 11.4 Å². The van der Waals surface area contributed by atoms with Crippen molar-refractivity contribution in [3.8, 4) is 5.75 Å². The number of benzene rings is 3. The second-order valence-corrected chi connectivity index (χ2v) is 12.1. The van der Waals surface area contributed by atoms with Crippen LogP contribution in [0.4, 0.5) is 5.69 Å². The smallest absolute Gasteiger partial charge is 0.264 e. The van der Waals surface area contributed by atoms with E-state index in [1.165, 1.54) is 17.3 Å². The summed E-state index contributed by atoms with van der Waals surface area (Å²) in [6.07, 6.45) is 1.90. The number of nitrogens with zero attached hydrogens (tertiary/aromatic N) is 1. The van der Waals surface area contributed by atoms with E-state index in [-0.39, 0.29) is 5.91 Å². The summed E-state index contributed by atoms with van der Waals surface area (Å²) < 4.78 is 9.19. The molecule has 1 fully saturated rings. The zero-order valence-corrected chi connectivity index (χ0v) is 25.4. The van der Waals surface area contributed by atoms with Gasteiger partial charge in [0.25, 0.3) is 5.91 Å². The average molecular weight is 759 g/mol. The summed E-state index contributed by atoms with van der Waals surface area (Å²) in [4.78, 5) is 17.8. The number of hydrogen-bond donors (Lipinski definition) is 1. The van der Waals surface area contributed by atoms with Crippen molar-refractivity contribution in [2.45, 2.75) is 27.4 Å². The second kappa shape index (κ2) is 11.1. The van der Waals surface area contributed by atoms with Crippen LogP contribution in [0.2, 0.25) is 0 Å². The van der Waals surface area contributed by atoms with Crippen molar-refractivity contribution in [2.75, 3.05) is 0 Å². The number of rotatable bonds is 5. The van der Waals surface area contributed by atoms with Gasteiger partial charge in [-0.1, -0.05) is 45.8 Å². The number of carbonyl (C=O) groups excluding carboxylic acids is 1. The van der Waals surface area contributed by atoms with Crippen molar-refractivity contribution in [1.82, 2.24) is 5.32 Å². The number of carbonyl (C=O) groups is 1. The molecule has 0 spiro atoms. The van der Waals surface area contributed by atoms with E-state index < -0.39 is 0 Å². The van der Waals surface area contributed by atoms with E-state index in [9.17, 15) is 4.79 Å². The van der Waals surface area contributed by atoms with Crippen molar-refractivity contribution in [3.05, 3.63) is 92.9 Å². The lowest BCUT2D eigenvalue weighted by molar-refractivity contribution is -0.115. The topological polar surface area (TPSA) is 50.7 Å². The Morgan fingerprint density at radius 2 is 1.65 bits per heavy atom. The molecule has 1 aliphatic rings. The minimum absolute atomic E-state index is 0.140. The highest BCUT2D eigenvalue weighted by Crippen LogP contribution is 2.34. The van der Waals surface area contributed by atoms with Crippen molar-refractivity contribution < 1.29 is 9.53 Å². The fourth-order valence-electron chi connectivity index (χ4n) is 3.38. The predicted molar refractivity (Wildman–Crippen MR) is 162 cm³/mol. The molecule has 34 heavy (non-hydrogen) atoms. The van der Waals surface area contributed by atoms with E-state index in [1.54, 1.807) is 0 Å². The van der Waals surface area contributed by atoms with E-state index in [2.05, 4.69) is 103 Å². The Morgan fingerprint density at radius 3 is 2.26 bits per heavy atom. The van der Waals surface area contributed by atoms with Gasteiger partial charge in [0.1, 0.15) is 12.4 Å². The molecular weight excluding hydrogens is 738 g/mol. The number of halogens is 3. The van der Waals surface area contributed by atoms with E-state index >= 15 is 0 Å². The molecule has 1 heterocycles. The molecule has 1 saturated heterocycles. The maximum atomic E-state index is 12.6. The fraction of sp³-hybridized carbons (Fsp3) is 0.154. The third-order valence-electron chi connectivity index (χ3n) is 5.12. The highest BCUT2D eigenvalue weighted by atomic mass is 127. The average Bonchev–Trinajstić information content (AvgIpc) is 3.11. The summed E-state index contributed by atoms with van der Waals surface area (Å²) in [5, 5.41) is 3.46. The first kappa shape index (κ1) is 25.7. The number of amides is 1. The zero-order chi connectivity index (χ0) is 24.4. The van der Waals surface area contributed by atoms with Gasteiger partial charge in [-0.05, 0) is 130 Å². The molecule has 0 atom stereocenters.